The highest BCUT2D eigenvalue weighted by Gasteiger charge is 2.27. The fourth-order valence-corrected chi connectivity index (χ4v) is 1.61. The summed E-state index contributed by atoms with van der Waals surface area (Å²) in [5, 5.41) is 0.546. The zero-order chi connectivity index (χ0) is 12.2. The van der Waals surface area contributed by atoms with Crippen LogP contribution in [0.25, 0.3) is 0 Å². The third kappa shape index (κ3) is 4.86. The first-order chi connectivity index (χ1) is 7.38. The van der Waals surface area contributed by atoms with Crippen molar-refractivity contribution in [2.45, 2.75) is 31.5 Å². The average Bonchev–Trinajstić information content (AvgIpc) is 2.18. The van der Waals surface area contributed by atoms with E-state index in [1.54, 1.807) is 24.3 Å². The fraction of sp³-hybridized carbons (Fsp3) is 0.455. The van der Waals surface area contributed by atoms with E-state index in [-0.39, 0.29) is 6.42 Å². The Morgan fingerprint density at radius 3 is 2.44 bits per heavy atom. The fourth-order valence-electron chi connectivity index (χ4n) is 1.40. The van der Waals surface area contributed by atoms with Crippen LogP contribution in [-0.4, -0.2) is 12.2 Å². The van der Waals surface area contributed by atoms with E-state index in [1.165, 1.54) is 0 Å². The SMILES string of the molecule is NC(CCC(F)(F)F)Cc1ccccc1Cl. The Morgan fingerprint density at radius 1 is 1.25 bits per heavy atom. The second-order valence-corrected chi connectivity index (χ2v) is 4.12. The minimum atomic E-state index is -4.14. The zero-order valence-electron chi connectivity index (χ0n) is 8.60. The zero-order valence-corrected chi connectivity index (χ0v) is 9.35. The van der Waals surface area contributed by atoms with Crippen LogP contribution in [0.2, 0.25) is 5.02 Å². The van der Waals surface area contributed by atoms with Gasteiger partial charge < -0.3 is 5.73 Å². The molecule has 0 bridgehead atoms. The van der Waals surface area contributed by atoms with E-state index in [9.17, 15) is 13.2 Å². The van der Waals surface area contributed by atoms with Gasteiger partial charge in [0.15, 0.2) is 0 Å². The highest BCUT2D eigenvalue weighted by molar-refractivity contribution is 6.31. The third-order valence-electron chi connectivity index (χ3n) is 2.24. The second kappa shape index (κ2) is 5.55. The van der Waals surface area contributed by atoms with Crippen molar-refractivity contribution in [1.29, 1.82) is 0 Å². The molecule has 0 saturated heterocycles. The first kappa shape index (κ1) is 13.3. The van der Waals surface area contributed by atoms with E-state index in [0.29, 0.717) is 11.4 Å². The number of hydrogen-bond acceptors (Lipinski definition) is 1. The molecule has 0 aromatic heterocycles. The number of rotatable bonds is 4. The molecule has 5 heteroatoms. The van der Waals surface area contributed by atoms with Gasteiger partial charge in [-0.15, -0.1) is 0 Å². The second-order valence-electron chi connectivity index (χ2n) is 3.71. The molecule has 0 heterocycles. The lowest BCUT2D eigenvalue weighted by Crippen LogP contribution is -2.25. The van der Waals surface area contributed by atoms with Crippen LogP contribution in [0, 0.1) is 0 Å². The van der Waals surface area contributed by atoms with Gasteiger partial charge in [-0.2, -0.15) is 13.2 Å². The summed E-state index contributed by atoms with van der Waals surface area (Å²) >= 11 is 5.88. The van der Waals surface area contributed by atoms with Gasteiger partial charge in [-0.1, -0.05) is 29.8 Å². The van der Waals surface area contributed by atoms with Gasteiger partial charge in [0.1, 0.15) is 0 Å². The molecular formula is C11H13ClF3N. The summed E-state index contributed by atoms with van der Waals surface area (Å²) in [6.07, 6.45) is -4.69. The Labute approximate surface area is 97.4 Å². The number of benzene rings is 1. The van der Waals surface area contributed by atoms with Gasteiger partial charge in [0.05, 0.1) is 0 Å². The highest BCUT2D eigenvalue weighted by atomic mass is 35.5. The maximum absolute atomic E-state index is 12.0. The van der Waals surface area contributed by atoms with Gasteiger partial charge in [-0.25, -0.2) is 0 Å². The van der Waals surface area contributed by atoms with Gasteiger partial charge in [-0.3, -0.25) is 0 Å². The summed E-state index contributed by atoms with van der Waals surface area (Å²) in [5.41, 5.74) is 6.41. The van der Waals surface area contributed by atoms with E-state index >= 15 is 0 Å². The van der Waals surface area contributed by atoms with Crippen molar-refractivity contribution >= 4 is 11.6 Å². The van der Waals surface area contributed by atoms with Gasteiger partial charge in [0, 0.05) is 17.5 Å². The van der Waals surface area contributed by atoms with Crippen LogP contribution in [-0.2, 0) is 6.42 Å². The van der Waals surface area contributed by atoms with Crippen molar-refractivity contribution in [3.8, 4) is 0 Å². The molecule has 0 aliphatic carbocycles. The maximum atomic E-state index is 12.0. The van der Waals surface area contributed by atoms with E-state index in [0.717, 1.165) is 5.56 Å². The first-order valence-electron chi connectivity index (χ1n) is 4.94. The van der Waals surface area contributed by atoms with Crippen LogP contribution in [0.4, 0.5) is 13.2 Å². The molecule has 0 fully saturated rings. The van der Waals surface area contributed by atoms with Crippen molar-refractivity contribution in [3.05, 3.63) is 34.9 Å². The molecule has 1 atom stereocenters. The molecule has 0 aliphatic rings. The number of nitrogens with two attached hydrogens (primary N) is 1. The molecule has 0 spiro atoms. The van der Waals surface area contributed by atoms with Crippen LogP contribution in [0.3, 0.4) is 0 Å². The summed E-state index contributed by atoms with van der Waals surface area (Å²) in [4.78, 5) is 0. The first-order valence-corrected chi connectivity index (χ1v) is 5.32. The molecule has 1 unspecified atom stereocenters. The highest BCUT2D eigenvalue weighted by Crippen LogP contribution is 2.23. The predicted octanol–water partition coefficient (Wildman–Crippen LogP) is 3.55. The lowest BCUT2D eigenvalue weighted by Gasteiger charge is -2.13. The van der Waals surface area contributed by atoms with E-state index in [2.05, 4.69) is 0 Å². The summed E-state index contributed by atoms with van der Waals surface area (Å²) in [7, 11) is 0. The quantitative estimate of drug-likeness (QED) is 0.870. The van der Waals surface area contributed by atoms with Crippen LogP contribution in [0.5, 0.6) is 0 Å². The number of halogens is 4. The van der Waals surface area contributed by atoms with Crippen molar-refractivity contribution in [2.24, 2.45) is 5.73 Å². The molecule has 16 heavy (non-hydrogen) atoms. The molecule has 90 valence electrons. The van der Waals surface area contributed by atoms with Crippen molar-refractivity contribution in [3.63, 3.8) is 0 Å². The van der Waals surface area contributed by atoms with Crippen LogP contribution >= 0.6 is 11.6 Å². The van der Waals surface area contributed by atoms with Gasteiger partial charge in [-0.05, 0) is 24.5 Å². The third-order valence-corrected chi connectivity index (χ3v) is 2.61. The van der Waals surface area contributed by atoms with Crippen molar-refractivity contribution in [1.82, 2.24) is 0 Å². The average molecular weight is 252 g/mol. The molecule has 0 aliphatic heterocycles. The number of hydrogen-bond donors (Lipinski definition) is 1. The van der Waals surface area contributed by atoms with Gasteiger partial charge >= 0.3 is 6.18 Å². The molecule has 0 saturated carbocycles. The Kier molecular flexibility index (Phi) is 4.62. The molecule has 1 aromatic carbocycles. The molecule has 0 radical (unpaired) electrons. The lowest BCUT2D eigenvalue weighted by molar-refractivity contribution is -0.136. The Hall–Kier alpha value is -0.740. The molecule has 2 N–H and O–H groups in total. The summed E-state index contributed by atoms with van der Waals surface area (Å²) in [6.45, 7) is 0. The van der Waals surface area contributed by atoms with Gasteiger partial charge in [0.2, 0.25) is 0 Å². The molecule has 1 rings (SSSR count). The molecule has 1 aromatic rings. The van der Waals surface area contributed by atoms with Gasteiger partial charge in [0.25, 0.3) is 0 Å². The Bertz CT molecular complexity index is 338. The van der Waals surface area contributed by atoms with Crippen LogP contribution < -0.4 is 5.73 Å². The standard InChI is InChI=1S/C11H13ClF3N/c12-10-4-2-1-3-8(10)7-9(16)5-6-11(13,14)15/h1-4,9H,5-7,16H2. The lowest BCUT2D eigenvalue weighted by atomic mass is 10.0. The minimum absolute atomic E-state index is 0.0747. The summed E-state index contributed by atoms with van der Waals surface area (Å²) in [6, 6.07) is 6.52. The topological polar surface area (TPSA) is 26.0 Å². The Balaban J connectivity index is 2.46. The van der Waals surface area contributed by atoms with E-state index < -0.39 is 18.6 Å². The van der Waals surface area contributed by atoms with Crippen molar-refractivity contribution < 1.29 is 13.2 Å². The number of alkyl halides is 3. The van der Waals surface area contributed by atoms with Crippen LogP contribution in [0.1, 0.15) is 18.4 Å². The smallest absolute Gasteiger partial charge is 0.327 e. The molecular weight excluding hydrogens is 239 g/mol. The monoisotopic (exact) mass is 251 g/mol. The van der Waals surface area contributed by atoms with E-state index in [1.807, 2.05) is 0 Å². The predicted molar refractivity (Wildman–Crippen MR) is 58.4 cm³/mol. The van der Waals surface area contributed by atoms with Crippen LogP contribution in [0.15, 0.2) is 24.3 Å². The van der Waals surface area contributed by atoms with Crippen molar-refractivity contribution in [2.75, 3.05) is 0 Å². The minimum Gasteiger partial charge on any atom is -0.327 e. The molecule has 0 amide bonds. The molecule has 1 nitrogen and oxygen atoms in total. The Morgan fingerprint density at radius 2 is 1.88 bits per heavy atom. The van der Waals surface area contributed by atoms with E-state index in [4.69, 9.17) is 17.3 Å². The maximum Gasteiger partial charge on any atom is 0.389 e. The summed E-state index contributed by atoms with van der Waals surface area (Å²) < 4.78 is 35.9. The summed E-state index contributed by atoms with van der Waals surface area (Å²) in [5.74, 6) is 0. The largest absolute Gasteiger partial charge is 0.389 e. The normalized spacial score (nSPS) is 13.8.